The van der Waals surface area contributed by atoms with E-state index in [1.165, 1.54) is 13.4 Å². The summed E-state index contributed by atoms with van der Waals surface area (Å²) in [5, 5.41) is 2.91. The van der Waals surface area contributed by atoms with E-state index in [4.69, 9.17) is 11.6 Å². The van der Waals surface area contributed by atoms with Crippen LogP contribution in [-0.2, 0) is 0 Å². The maximum absolute atomic E-state index is 13.3. The van der Waals surface area contributed by atoms with Gasteiger partial charge in [0.2, 0.25) is 0 Å². The van der Waals surface area contributed by atoms with Gasteiger partial charge in [-0.1, -0.05) is 20.8 Å². The maximum Gasteiger partial charge on any atom is 0.271 e. The molecule has 7 heteroatoms. The number of carbonyl (C=O) groups excluding carboxylic acids is 1. The van der Waals surface area contributed by atoms with E-state index in [0.29, 0.717) is 16.3 Å². The van der Waals surface area contributed by atoms with E-state index in [1.54, 1.807) is 29.0 Å². The van der Waals surface area contributed by atoms with Gasteiger partial charge in [0.05, 0.1) is 0 Å². The van der Waals surface area contributed by atoms with Gasteiger partial charge in [0.25, 0.3) is 5.91 Å². The van der Waals surface area contributed by atoms with Crippen LogP contribution in [0.4, 0.5) is 4.39 Å². The topological polar surface area (TPSA) is 46.9 Å². The molecule has 1 aromatic carbocycles. The van der Waals surface area contributed by atoms with E-state index in [0.717, 1.165) is 0 Å². The molecule has 1 aromatic heterocycles. The number of rotatable bonds is 3. The fraction of sp³-hybridized carbons (Fsp3) is 0.167. The SMILES string of the molecule is CNC(=O)c1cn(-c2cc(Cl)cc(C(F)P)c2)cn1. The van der Waals surface area contributed by atoms with E-state index in [9.17, 15) is 9.18 Å². The lowest BCUT2D eigenvalue weighted by Crippen LogP contribution is -2.17. The zero-order valence-electron chi connectivity index (χ0n) is 10.1. The molecule has 0 fully saturated rings. The van der Waals surface area contributed by atoms with Crippen LogP contribution >= 0.6 is 20.8 Å². The van der Waals surface area contributed by atoms with Gasteiger partial charge in [0.15, 0.2) is 0 Å². The number of nitrogens with one attached hydrogen (secondary N) is 1. The van der Waals surface area contributed by atoms with Crippen molar-refractivity contribution in [2.75, 3.05) is 7.05 Å². The molecule has 1 amide bonds. The molecule has 1 heterocycles. The first kappa shape index (κ1) is 14.0. The lowest BCUT2D eigenvalue weighted by atomic mass is 10.2. The van der Waals surface area contributed by atoms with Gasteiger partial charge in [-0.15, -0.1) is 0 Å². The summed E-state index contributed by atoms with van der Waals surface area (Å²) < 4.78 is 14.9. The molecular formula is C12H12ClFN3OP. The van der Waals surface area contributed by atoms with Gasteiger partial charge in [-0.3, -0.25) is 4.79 Å². The molecule has 2 atom stereocenters. The molecule has 4 nitrogen and oxygen atoms in total. The van der Waals surface area contributed by atoms with Crippen LogP contribution in [0.5, 0.6) is 0 Å². The first-order chi connectivity index (χ1) is 9.01. The van der Waals surface area contributed by atoms with Crippen molar-refractivity contribution in [1.29, 1.82) is 0 Å². The zero-order chi connectivity index (χ0) is 14.0. The average molecular weight is 300 g/mol. The fourth-order valence-corrected chi connectivity index (χ4v) is 2.04. The summed E-state index contributed by atoms with van der Waals surface area (Å²) in [7, 11) is 3.60. The Morgan fingerprint density at radius 1 is 1.53 bits per heavy atom. The molecule has 0 bridgehead atoms. The minimum absolute atomic E-state index is 0.282. The third-order valence-electron chi connectivity index (χ3n) is 2.56. The summed E-state index contributed by atoms with van der Waals surface area (Å²) in [5.74, 6) is -1.48. The molecule has 0 saturated heterocycles. The third-order valence-corrected chi connectivity index (χ3v) is 3.17. The van der Waals surface area contributed by atoms with Crippen molar-refractivity contribution in [3.63, 3.8) is 0 Å². The average Bonchev–Trinajstić information content (AvgIpc) is 2.86. The first-order valence-corrected chi connectivity index (χ1v) is 6.52. The summed E-state index contributed by atoms with van der Waals surface area (Å²) in [4.78, 5) is 15.4. The van der Waals surface area contributed by atoms with E-state index in [2.05, 4.69) is 19.5 Å². The number of imidazole rings is 1. The number of aromatic nitrogens is 2. The Morgan fingerprint density at radius 2 is 2.26 bits per heavy atom. The normalized spacial score (nSPS) is 12.2. The number of amides is 1. The van der Waals surface area contributed by atoms with Gasteiger partial charge in [-0.2, -0.15) is 0 Å². The molecule has 0 spiro atoms. The second-order valence-corrected chi connectivity index (χ2v) is 4.91. The number of hydrogen-bond acceptors (Lipinski definition) is 2. The molecule has 0 saturated carbocycles. The molecule has 19 heavy (non-hydrogen) atoms. The van der Waals surface area contributed by atoms with Crippen molar-refractivity contribution < 1.29 is 9.18 Å². The van der Waals surface area contributed by atoms with Crippen LogP contribution in [0.2, 0.25) is 5.02 Å². The van der Waals surface area contributed by atoms with Crippen molar-refractivity contribution in [2.45, 2.75) is 5.91 Å². The second kappa shape index (κ2) is 5.68. The number of halogens is 2. The van der Waals surface area contributed by atoms with Gasteiger partial charge in [-0.25, -0.2) is 9.37 Å². The molecule has 1 N–H and O–H groups in total. The van der Waals surface area contributed by atoms with Crippen molar-refractivity contribution in [3.05, 3.63) is 47.0 Å². The largest absolute Gasteiger partial charge is 0.354 e. The Hall–Kier alpha value is -1.45. The van der Waals surface area contributed by atoms with Crippen molar-refractivity contribution >= 4 is 26.7 Å². The van der Waals surface area contributed by atoms with Crippen LogP contribution in [0.25, 0.3) is 5.69 Å². The molecule has 0 aliphatic heterocycles. The molecular weight excluding hydrogens is 288 g/mol. The Bertz CT molecular complexity index is 615. The first-order valence-electron chi connectivity index (χ1n) is 5.48. The Labute approximate surface area is 117 Å². The van der Waals surface area contributed by atoms with Crippen LogP contribution in [-0.4, -0.2) is 22.5 Å². The highest BCUT2D eigenvalue weighted by molar-refractivity contribution is 7.16. The van der Waals surface area contributed by atoms with Crippen molar-refractivity contribution in [2.24, 2.45) is 0 Å². The standard InChI is InChI=1S/C12H12ClFN3OP/c1-15-12(18)10-5-17(6-16-10)9-3-7(11(14)19)2-8(13)4-9/h2-6,11H,19H2,1H3,(H,15,18). The number of alkyl halides is 1. The number of carbonyl (C=O) groups is 1. The van der Waals surface area contributed by atoms with Crippen LogP contribution in [0.15, 0.2) is 30.7 Å². The molecule has 100 valence electrons. The zero-order valence-corrected chi connectivity index (χ0v) is 12.0. The number of nitrogens with zero attached hydrogens (tertiary/aromatic N) is 2. The van der Waals surface area contributed by atoms with Gasteiger partial charge in [-0.05, 0) is 23.8 Å². The predicted molar refractivity (Wildman–Crippen MR) is 75.5 cm³/mol. The number of benzene rings is 1. The highest BCUT2D eigenvalue weighted by Gasteiger charge is 2.10. The highest BCUT2D eigenvalue weighted by atomic mass is 35.5. The van der Waals surface area contributed by atoms with Crippen LogP contribution in [0.3, 0.4) is 0 Å². The lowest BCUT2D eigenvalue weighted by Gasteiger charge is -2.08. The number of hydrogen-bond donors (Lipinski definition) is 1. The quantitative estimate of drug-likeness (QED) is 0.886. The second-order valence-electron chi connectivity index (χ2n) is 3.89. The van der Waals surface area contributed by atoms with Crippen molar-refractivity contribution in [1.82, 2.24) is 14.9 Å². The Kier molecular flexibility index (Phi) is 4.17. The van der Waals surface area contributed by atoms with Gasteiger partial charge in [0.1, 0.15) is 17.9 Å². The van der Waals surface area contributed by atoms with E-state index < -0.39 is 5.91 Å². The van der Waals surface area contributed by atoms with Crippen molar-refractivity contribution in [3.8, 4) is 5.69 Å². The summed E-state index contributed by atoms with van der Waals surface area (Å²) in [6, 6.07) is 4.88. The minimum atomic E-state index is -1.20. The lowest BCUT2D eigenvalue weighted by molar-refractivity contribution is 0.0958. The Balaban J connectivity index is 2.41. The summed E-state index contributed by atoms with van der Waals surface area (Å²) in [6.45, 7) is 0. The molecule has 2 unspecified atom stereocenters. The minimum Gasteiger partial charge on any atom is -0.354 e. The molecule has 0 aliphatic carbocycles. The molecule has 0 radical (unpaired) electrons. The molecule has 0 aliphatic rings. The monoisotopic (exact) mass is 299 g/mol. The van der Waals surface area contributed by atoms with E-state index in [-0.39, 0.29) is 11.6 Å². The molecule has 2 rings (SSSR count). The third kappa shape index (κ3) is 3.11. The van der Waals surface area contributed by atoms with E-state index >= 15 is 0 Å². The summed E-state index contributed by atoms with van der Waals surface area (Å²) in [5.41, 5.74) is 1.38. The fourth-order valence-electron chi connectivity index (χ4n) is 1.61. The summed E-state index contributed by atoms with van der Waals surface area (Å²) >= 11 is 5.95. The predicted octanol–water partition coefficient (Wildman–Crippen LogP) is 2.73. The van der Waals surface area contributed by atoms with Gasteiger partial charge >= 0.3 is 0 Å². The highest BCUT2D eigenvalue weighted by Crippen LogP contribution is 2.29. The van der Waals surface area contributed by atoms with E-state index in [1.807, 2.05) is 0 Å². The van der Waals surface area contributed by atoms with Crippen LogP contribution in [0, 0.1) is 0 Å². The molecule has 2 aromatic rings. The van der Waals surface area contributed by atoms with Crippen LogP contribution < -0.4 is 5.32 Å². The van der Waals surface area contributed by atoms with Gasteiger partial charge < -0.3 is 9.88 Å². The Morgan fingerprint density at radius 3 is 2.89 bits per heavy atom. The van der Waals surface area contributed by atoms with Crippen LogP contribution in [0.1, 0.15) is 22.0 Å². The maximum atomic E-state index is 13.3. The summed E-state index contributed by atoms with van der Waals surface area (Å²) in [6.07, 6.45) is 3.04. The smallest absolute Gasteiger partial charge is 0.271 e. The van der Waals surface area contributed by atoms with Gasteiger partial charge in [0, 0.05) is 24.0 Å².